The molecule has 5 nitrogen and oxygen atoms in total. The van der Waals surface area contributed by atoms with Crippen molar-refractivity contribution >= 4 is 11.6 Å². The maximum absolute atomic E-state index is 6.63. The predicted molar refractivity (Wildman–Crippen MR) is 92.5 cm³/mol. The summed E-state index contributed by atoms with van der Waals surface area (Å²) in [7, 11) is 0. The monoisotopic (exact) mass is 347 g/mol. The van der Waals surface area contributed by atoms with Crippen molar-refractivity contribution in [3.63, 3.8) is 0 Å². The number of ether oxygens (including phenoxy) is 2. The van der Waals surface area contributed by atoms with Gasteiger partial charge in [-0.3, -0.25) is 4.90 Å². The van der Waals surface area contributed by atoms with E-state index < -0.39 is 0 Å². The number of hydrogen-bond acceptors (Lipinski definition) is 4. The van der Waals surface area contributed by atoms with Crippen LogP contribution in [0.25, 0.3) is 5.69 Å². The Hall–Kier alpha value is -1.40. The Kier molecular flexibility index (Phi) is 4.35. The fourth-order valence-corrected chi connectivity index (χ4v) is 3.84. The number of halogens is 1. The van der Waals surface area contributed by atoms with Crippen LogP contribution in [0.5, 0.6) is 0 Å². The van der Waals surface area contributed by atoms with Gasteiger partial charge in [0.2, 0.25) is 0 Å². The smallest absolute Gasteiger partial charge is 0.170 e. The van der Waals surface area contributed by atoms with Gasteiger partial charge in [-0.1, -0.05) is 29.8 Å². The van der Waals surface area contributed by atoms with Crippen LogP contribution >= 0.6 is 11.6 Å². The van der Waals surface area contributed by atoms with Gasteiger partial charge in [-0.15, -0.1) is 0 Å². The Morgan fingerprint density at radius 1 is 1.12 bits per heavy atom. The molecule has 1 aromatic carbocycles. The molecule has 6 heteroatoms. The summed E-state index contributed by atoms with van der Waals surface area (Å²) < 4.78 is 13.4. The first kappa shape index (κ1) is 16.1. The average molecular weight is 348 g/mol. The Morgan fingerprint density at radius 2 is 1.79 bits per heavy atom. The van der Waals surface area contributed by atoms with Crippen molar-refractivity contribution in [2.24, 2.45) is 0 Å². The lowest BCUT2D eigenvalue weighted by Crippen LogP contribution is -2.44. The van der Waals surface area contributed by atoms with Crippen molar-refractivity contribution < 1.29 is 9.47 Å². The van der Waals surface area contributed by atoms with Crippen LogP contribution in [0.2, 0.25) is 5.15 Å². The molecule has 0 bridgehead atoms. The van der Waals surface area contributed by atoms with Crippen LogP contribution in [0, 0.1) is 6.92 Å². The highest BCUT2D eigenvalue weighted by atomic mass is 35.5. The van der Waals surface area contributed by atoms with E-state index in [1.54, 1.807) is 0 Å². The topological polar surface area (TPSA) is 39.5 Å². The molecule has 3 heterocycles. The molecule has 2 aromatic rings. The van der Waals surface area contributed by atoms with Crippen LogP contribution in [-0.4, -0.2) is 46.8 Å². The van der Waals surface area contributed by atoms with Gasteiger partial charge in [0.1, 0.15) is 5.15 Å². The summed E-state index contributed by atoms with van der Waals surface area (Å²) in [6.45, 7) is 6.17. The maximum Gasteiger partial charge on any atom is 0.170 e. The molecule has 0 aliphatic carbocycles. The Labute approximate surface area is 147 Å². The summed E-state index contributed by atoms with van der Waals surface area (Å²) in [6.07, 6.45) is 1.83. The molecular weight excluding hydrogens is 326 g/mol. The summed E-state index contributed by atoms with van der Waals surface area (Å²) in [5.41, 5.74) is 3.07. The van der Waals surface area contributed by atoms with Gasteiger partial charge in [0.15, 0.2) is 5.79 Å². The van der Waals surface area contributed by atoms with E-state index in [-0.39, 0.29) is 5.79 Å². The van der Waals surface area contributed by atoms with Gasteiger partial charge in [-0.2, -0.15) is 5.10 Å². The number of aryl methyl sites for hydroxylation is 1. The first-order chi connectivity index (χ1) is 11.7. The zero-order chi connectivity index (χ0) is 16.6. The van der Waals surface area contributed by atoms with Crippen LogP contribution in [0.3, 0.4) is 0 Å². The molecule has 0 amide bonds. The fourth-order valence-electron chi connectivity index (χ4n) is 3.51. The van der Waals surface area contributed by atoms with Gasteiger partial charge in [0.25, 0.3) is 0 Å². The summed E-state index contributed by atoms with van der Waals surface area (Å²) in [4.78, 5) is 2.40. The van der Waals surface area contributed by atoms with Crippen LogP contribution in [0.15, 0.2) is 30.3 Å². The third-order valence-corrected chi connectivity index (χ3v) is 5.32. The lowest BCUT2D eigenvalue weighted by atomic mass is 10.0. The lowest BCUT2D eigenvalue weighted by molar-refractivity contribution is -0.185. The summed E-state index contributed by atoms with van der Waals surface area (Å²) in [6, 6.07) is 10.0. The molecule has 0 saturated carbocycles. The van der Waals surface area contributed by atoms with Crippen LogP contribution in [-0.2, 0) is 16.0 Å². The highest BCUT2D eigenvalue weighted by molar-refractivity contribution is 6.30. The Morgan fingerprint density at radius 3 is 2.46 bits per heavy atom. The molecule has 0 N–H and O–H groups in total. The summed E-state index contributed by atoms with van der Waals surface area (Å²) in [5.74, 6) is -0.330. The second kappa shape index (κ2) is 6.48. The number of para-hydroxylation sites is 1. The molecule has 2 aliphatic heterocycles. The third-order valence-electron chi connectivity index (χ3n) is 4.94. The number of nitrogens with zero attached hydrogens (tertiary/aromatic N) is 3. The number of rotatable bonds is 3. The van der Waals surface area contributed by atoms with Gasteiger partial charge in [-0.05, 0) is 19.1 Å². The Bertz CT molecular complexity index is 701. The molecule has 24 heavy (non-hydrogen) atoms. The minimum Gasteiger partial charge on any atom is -0.347 e. The second-order valence-electron chi connectivity index (χ2n) is 6.49. The molecule has 128 valence electrons. The average Bonchev–Trinajstić information content (AvgIpc) is 3.17. The van der Waals surface area contributed by atoms with Crippen molar-refractivity contribution in [1.29, 1.82) is 0 Å². The quantitative estimate of drug-likeness (QED) is 0.855. The van der Waals surface area contributed by atoms with E-state index in [2.05, 4.69) is 10.00 Å². The largest absolute Gasteiger partial charge is 0.347 e. The molecule has 0 unspecified atom stereocenters. The molecule has 1 aromatic heterocycles. The van der Waals surface area contributed by atoms with E-state index >= 15 is 0 Å². The van der Waals surface area contributed by atoms with E-state index in [0.717, 1.165) is 62.6 Å². The SMILES string of the molecule is Cc1nn(-c2ccccc2)c(Cl)c1CN1CCC2(CC1)OCCO2. The zero-order valence-corrected chi connectivity index (χ0v) is 14.6. The van der Waals surface area contributed by atoms with Crippen LogP contribution < -0.4 is 0 Å². The summed E-state index contributed by atoms with van der Waals surface area (Å²) in [5, 5.41) is 5.33. The molecule has 2 saturated heterocycles. The minimum absolute atomic E-state index is 0.330. The van der Waals surface area contributed by atoms with Gasteiger partial charge >= 0.3 is 0 Å². The maximum atomic E-state index is 6.63. The van der Waals surface area contributed by atoms with Gasteiger partial charge in [0.05, 0.1) is 24.6 Å². The number of aromatic nitrogens is 2. The van der Waals surface area contributed by atoms with Crippen molar-refractivity contribution in [3.05, 3.63) is 46.7 Å². The fraction of sp³-hybridized carbons (Fsp3) is 0.500. The lowest BCUT2D eigenvalue weighted by Gasteiger charge is -2.37. The molecule has 0 atom stereocenters. The van der Waals surface area contributed by atoms with E-state index in [1.165, 1.54) is 0 Å². The molecule has 2 aliphatic rings. The predicted octanol–water partition coefficient (Wildman–Crippen LogP) is 3.17. The van der Waals surface area contributed by atoms with Gasteiger partial charge in [-0.25, -0.2) is 4.68 Å². The highest BCUT2D eigenvalue weighted by Crippen LogP contribution is 2.33. The number of likely N-dealkylation sites (tertiary alicyclic amines) is 1. The van der Waals surface area contributed by atoms with E-state index in [4.69, 9.17) is 21.1 Å². The van der Waals surface area contributed by atoms with E-state index in [1.807, 2.05) is 41.9 Å². The third kappa shape index (κ3) is 2.97. The van der Waals surface area contributed by atoms with Gasteiger partial charge in [0, 0.05) is 38.0 Å². The first-order valence-corrected chi connectivity index (χ1v) is 8.84. The highest BCUT2D eigenvalue weighted by Gasteiger charge is 2.39. The standard InChI is InChI=1S/C18H22ClN3O2/c1-14-16(17(19)22(20-14)15-5-3-2-4-6-15)13-21-9-7-18(8-10-21)23-11-12-24-18/h2-6H,7-13H2,1H3. The van der Waals surface area contributed by atoms with Crippen molar-refractivity contribution in [2.75, 3.05) is 26.3 Å². The number of benzene rings is 1. The number of hydrogen-bond donors (Lipinski definition) is 0. The first-order valence-electron chi connectivity index (χ1n) is 8.47. The molecule has 2 fully saturated rings. The molecule has 0 radical (unpaired) electrons. The summed E-state index contributed by atoms with van der Waals surface area (Å²) >= 11 is 6.63. The van der Waals surface area contributed by atoms with Crippen LogP contribution in [0.1, 0.15) is 24.1 Å². The van der Waals surface area contributed by atoms with Crippen molar-refractivity contribution in [1.82, 2.24) is 14.7 Å². The number of piperidine rings is 1. The van der Waals surface area contributed by atoms with Crippen molar-refractivity contribution in [2.45, 2.75) is 32.1 Å². The molecular formula is C18H22ClN3O2. The normalized spacial score (nSPS) is 20.8. The molecule has 1 spiro atoms. The van der Waals surface area contributed by atoms with Gasteiger partial charge < -0.3 is 9.47 Å². The van der Waals surface area contributed by atoms with Crippen molar-refractivity contribution in [3.8, 4) is 5.69 Å². The van der Waals surface area contributed by atoms with E-state index in [9.17, 15) is 0 Å². The zero-order valence-electron chi connectivity index (χ0n) is 13.9. The minimum atomic E-state index is -0.330. The molecule has 4 rings (SSSR count). The van der Waals surface area contributed by atoms with Crippen LogP contribution in [0.4, 0.5) is 0 Å². The Balaban J connectivity index is 1.48. The second-order valence-corrected chi connectivity index (χ2v) is 6.84. The van der Waals surface area contributed by atoms with E-state index in [0.29, 0.717) is 5.15 Å².